The Morgan fingerprint density at radius 1 is 1.28 bits per heavy atom. The summed E-state index contributed by atoms with van der Waals surface area (Å²) >= 11 is 1.44. The summed E-state index contributed by atoms with van der Waals surface area (Å²) < 4.78 is 4.72. The fourth-order valence-electron chi connectivity index (χ4n) is 1.60. The molecule has 1 aromatic heterocycles. The summed E-state index contributed by atoms with van der Waals surface area (Å²) in [5.41, 5.74) is 4.12. The van der Waals surface area contributed by atoms with E-state index in [4.69, 9.17) is 4.74 Å². The fourth-order valence-corrected chi connectivity index (χ4v) is 2.39. The van der Waals surface area contributed by atoms with E-state index in [2.05, 4.69) is 4.98 Å². The summed E-state index contributed by atoms with van der Waals surface area (Å²) in [6, 6.07) is 7.98. The van der Waals surface area contributed by atoms with E-state index in [0.717, 1.165) is 16.1 Å². The van der Waals surface area contributed by atoms with Crippen molar-refractivity contribution in [3.05, 3.63) is 35.5 Å². The van der Waals surface area contributed by atoms with Gasteiger partial charge in [-0.05, 0) is 17.7 Å². The van der Waals surface area contributed by atoms with E-state index in [1.54, 1.807) is 5.51 Å². The zero-order chi connectivity index (χ0) is 13.1. The molecule has 0 bridgehead atoms. The Labute approximate surface area is 110 Å². The van der Waals surface area contributed by atoms with Crippen molar-refractivity contribution in [1.82, 2.24) is 4.98 Å². The number of thiazole rings is 1. The van der Waals surface area contributed by atoms with Gasteiger partial charge < -0.3 is 9.64 Å². The van der Waals surface area contributed by atoms with Gasteiger partial charge in [-0.15, -0.1) is 11.3 Å². The van der Waals surface area contributed by atoms with Crippen molar-refractivity contribution in [2.75, 3.05) is 26.1 Å². The average molecular weight is 262 g/mol. The van der Waals surface area contributed by atoms with Crippen molar-refractivity contribution >= 4 is 23.0 Å². The quantitative estimate of drug-likeness (QED) is 0.798. The summed E-state index contributed by atoms with van der Waals surface area (Å²) in [5.74, 6) is -0.400. The second-order valence-corrected chi connectivity index (χ2v) is 4.82. The van der Waals surface area contributed by atoms with Crippen LogP contribution in [0.25, 0.3) is 10.4 Å². The van der Waals surface area contributed by atoms with E-state index >= 15 is 0 Å². The first-order valence-electron chi connectivity index (χ1n) is 5.43. The van der Waals surface area contributed by atoms with Crippen LogP contribution in [0.1, 0.15) is 10.5 Å². The Morgan fingerprint density at radius 2 is 1.94 bits per heavy atom. The standard InChI is InChI=1S/C13H14N2O2S/c1-15(2)10-6-4-9(5-7-10)12-11(13(16)17-3)14-8-18-12/h4-8H,1-3H3. The van der Waals surface area contributed by atoms with Crippen LogP contribution >= 0.6 is 11.3 Å². The number of rotatable bonds is 3. The maximum atomic E-state index is 11.6. The molecule has 0 atom stereocenters. The van der Waals surface area contributed by atoms with Crippen molar-refractivity contribution < 1.29 is 9.53 Å². The van der Waals surface area contributed by atoms with Crippen LogP contribution < -0.4 is 4.90 Å². The summed E-state index contributed by atoms with van der Waals surface area (Å²) in [5, 5.41) is 0. The average Bonchev–Trinajstić information content (AvgIpc) is 2.87. The third kappa shape index (κ3) is 2.36. The van der Waals surface area contributed by atoms with E-state index < -0.39 is 5.97 Å². The van der Waals surface area contributed by atoms with Crippen LogP contribution in [0, 0.1) is 0 Å². The minimum atomic E-state index is -0.400. The predicted molar refractivity (Wildman–Crippen MR) is 73.2 cm³/mol. The predicted octanol–water partition coefficient (Wildman–Crippen LogP) is 2.66. The molecule has 4 nitrogen and oxygen atoms in total. The molecule has 2 rings (SSSR count). The summed E-state index contributed by atoms with van der Waals surface area (Å²) in [6.07, 6.45) is 0. The zero-order valence-corrected chi connectivity index (χ0v) is 11.3. The molecule has 0 aliphatic heterocycles. The molecule has 1 heterocycles. The topological polar surface area (TPSA) is 42.4 Å². The molecule has 0 saturated heterocycles. The van der Waals surface area contributed by atoms with Gasteiger partial charge in [-0.1, -0.05) is 12.1 Å². The van der Waals surface area contributed by atoms with Gasteiger partial charge in [0.15, 0.2) is 5.69 Å². The Morgan fingerprint density at radius 3 is 2.50 bits per heavy atom. The lowest BCUT2D eigenvalue weighted by Gasteiger charge is -2.12. The van der Waals surface area contributed by atoms with E-state index in [1.165, 1.54) is 18.4 Å². The SMILES string of the molecule is COC(=O)c1ncsc1-c1ccc(N(C)C)cc1. The van der Waals surface area contributed by atoms with Gasteiger partial charge in [0, 0.05) is 19.8 Å². The first-order chi connectivity index (χ1) is 8.63. The lowest BCUT2D eigenvalue weighted by atomic mass is 10.1. The minimum absolute atomic E-state index is 0.375. The number of aromatic nitrogens is 1. The fraction of sp³-hybridized carbons (Fsp3) is 0.231. The monoisotopic (exact) mass is 262 g/mol. The van der Waals surface area contributed by atoms with Crippen LogP contribution in [0.2, 0.25) is 0 Å². The number of nitrogens with zero attached hydrogens (tertiary/aromatic N) is 2. The van der Waals surface area contributed by atoms with Gasteiger partial charge in [0.1, 0.15) is 0 Å². The van der Waals surface area contributed by atoms with Crippen molar-refractivity contribution in [3.63, 3.8) is 0 Å². The van der Waals surface area contributed by atoms with Crippen molar-refractivity contribution in [3.8, 4) is 10.4 Å². The molecular weight excluding hydrogens is 248 g/mol. The summed E-state index contributed by atoms with van der Waals surface area (Å²) in [4.78, 5) is 18.5. The summed E-state index contributed by atoms with van der Waals surface area (Å²) in [7, 11) is 5.34. The smallest absolute Gasteiger partial charge is 0.358 e. The molecule has 0 amide bonds. The van der Waals surface area contributed by atoms with Crippen LogP contribution in [0.5, 0.6) is 0 Å². The maximum Gasteiger partial charge on any atom is 0.358 e. The molecule has 0 aliphatic carbocycles. The normalized spacial score (nSPS) is 10.2. The molecule has 18 heavy (non-hydrogen) atoms. The van der Waals surface area contributed by atoms with Gasteiger partial charge in [-0.2, -0.15) is 0 Å². The lowest BCUT2D eigenvalue weighted by molar-refractivity contribution is 0.0596. The number of anilines is 1. The van der Waals surface area contributed by atoms with Gasteiger partial charge in [-0.3, -0.25) is 0 Å². The largest absolute Gasteiger partial charge is 0.464 e. The van der Waals surface area contributed by atoms with Gasteiger partial charge in [0.2, 0.25) is 0 Å². The molecule has 1 aromatic carbocycles. The number of methoxy groups -OCH3 is 1. The second kappa shape index (κ2) is 5.18. The third-order valence-electron chi connectivity index (χ3n) is 2.59. The molecule has 5 heteroatoms. The number of hydrogen-bond donors (Lipinski definition) is 0. The van der Waals surface area contributed by atoms with Crippen LogP contribution in [-0.2, 0) is 4.74 Å². The van der Waals surface area contributed by atoms with Gasteiger partial charge >= 0.3 is 5.97 Å². The Kier molecular flexibility index (Phi) is 3.62. The maximum absolute atomic E-state index is 11.6. The number of carbonyl (C=O) groups excluding carboxylic acids is 1. The molecule has 0 spiro atoms. The highest BCUT2D eigenvalue weighted by Crippen LogP contribution is 2.29. The molecule has 0 fully saturated rings. The number of hydrogen-bond acceptors (Lipinski definition) is 5. The van der Waals surface area contributed by atoms with E-state index in [0.29, 0.717) is 5.69 Å². The van der Waals surface area contributed by atoms with E-state index in [-0.39, 0.29) is 0 Å². The third-order valence-corrected chi connectivity index (χ3v) is 3.47. The first-order valence-corrected chi connectivity index (χ1v) is 6.31. The summed E-state index contributed by atoms with van der Waals surface area (Å²) in [6.45, 7) is 0. The van der Waals surface area contributed by atoms with Crippen molar-refractivity contribution in [2.45, 2.75) is 0 Å². The number of ether oxygens (including phenoxy) is 1. The highest BCUT2D eigenvalue weighted by Gasteiger charge is 2.16. The van der Waals surface area contributed by atoms with E-state index in [1.807, 2.05) is 43.3 Å². The Hall–Kier alpha value is -1.88. The molecule has 0 radical (unpaired) electrons. The van der Waals surface area contributed by atoms with Crippen LogP contribution in [0.4, 0.5) is 5.69 Å². The van der Waals surface area contributed by atoms with Crippen molar-refractivity contribution in [1.29, 1.82) is 0 Å². The highest BCUT2D eigenvalue weighted by molar-refractivity contribution is 7.13. The van der Waals surface area contributed by atoms with Gasteiger partial charge in [0.05, 0.1) is 17.5 Å². The van der Waals surface area contributed by atoms with Crippen molar-refractivity contribution in [2.24, 2.45) is 0 Å². The number of carbonyl (C=O) groups is 1. The van der Waals surface area contributed by atoms with Gasteiger partial charge in [-0.25, -0.2) is 9.78 Å². The first kappa shape index (κ1) is 12.6. The molecule has 2 aromatic rings. The highest BCUT2D eigenvalue weighted by atomic mass is 32.1. The molecule has 0 saturated carbocycles. The number of esters is 1. The Bertz CT molecular complexity index is 546. The number of benzene rings is 1. The molecule has 0 N–H and O–H groups in total. The minimum Gasteiger partial charge on any atom is -0.464 e. The molecule has 0 unspecified atom stereocenters. The molecule has 94 valence electrons. The second-order valence-electron chi connectivity index (χ2n) is 3.96. The Balaban J connectivity index is 2.37. The zero-order valence-electron chi connectivity index (χ0n) is 10.5. The molecule has 0 aliphatic rings. The lowest BCUT2D eigenvalue weighted by Crippen LogP contribution is -2.08. The van der Waals surface area contributed by atoms with Crippen LogP contribution in [0.3, 0.4) is 0 Å². The molecular formula is C13H14N2O2S. The van der Waals surface area contributed by atoms with E-state index in [9.17, 15) is 4.79 Å². The van der Waals surface area contributed by atoms with Crippen LogP contribution in [0.15, 0.2) is 29.8 Å². The van der Waals surface area contributed by atoms with Gasteiger partial charge in [0.25, 0.3) is 0 Å². The van der Waals surface area contributed by atoms with Crippen LogP contribution in [-0.4, -0.2) is 32.2 Å².